The minimum absolute atomic E-state index is 0.0670. The van der Waals surface area contributed by atoms with Gasteiger partial charge in [-0.2, -0.15) is 0 Å². The zero-order valence-electron chi connectivity index (χ0n) is 16.0. The molecular formula is C19H33FO3Si. The van der Waals surface area contributed by atoms with Gasteiger partial charge >= 0.3 is 8.80 Å². The first-order chi connectivity index (χ1) is 11.2. The van der Waals surface area contributed by atoms with Crippen molar-refractivity contribution in [2.75, 3.05) is 0 Å². The molecule has 1 aromatic carbocycles. The first-order valence-electron chi connectivity index (χ1n) is 9.00. The number of aryl methyl sites for hydroxylation is 1. The van der Waals surface area contributed by atoms with Gasteiger partial charge in [-0.1, -0.05) is 12.1 Å². The van der Waals surface area contributed by atoms with E-state index in [2.05, 4.69) is 0 Å². The van der Waals surface area contributed by atoms with Gasteiger partial charge in [0.15, 0.2) is 0 Å². The summed E-state index contributed by atoms with van der Waals surface area (Å²) in [4.78, 5) is 0. The third kappa shape index (κ3) is 8.38. The third-order valence-corrected chi connectivity index (χ3v) is 6.79. The molecule has 0 heterocycles. The predicted molar refractivity (Wildman–Crippen MR) is 98.6 cm³/mol. The summed E-state index contributed by atoms with van der Waals surface area (Å²) in [6.07, 6.45) is 2.96. The lowest BCUT2D eigenvalue weighted by molar-refractivity contribution is 0.00281. The Kier molecular flexibility index (Phi) is 9.12. The standard InChI is InChI=1S/C19H33FO3Si/c1-15(2)21-24(22-16(3)4,23-17(5)6)13-8-7-10-18-11-9-12-19(20)14-18/h9,11-12,14-17H,7-8,10,13H2,1-6H3. The highest BCUT2D eigenvalue weighted by atomic mass is 28.4. The fourth-order valence-corrected chi connectivity index (χ4v) is 6.06. The summed E-state index contributed by atoms with van der Waals surface area (Å²) < 4.78 is 31.7. The van der Waals surface area contributed by atoms with Crippen LogP contribution in [0.1, 0.15) is 59.9 Å². The maximum atomic E-state index is 13.2. The Morgan fingerprint density at radius 3 is 1.88 bits per heavy atom. The zero-order valence-corrected chi connectivity index (χ0v) is 17.0. The van der Waals surface area contributed by atoms with Crippen molar-refractivity contribution < 1.29 is 17.7 Å². The first kappa shape index (κ1) is 21.3. The number of unbranched alkanes of at least 4 members (excludes halogenated alkanes) is 1. The van der Waals surface area contributed by atoms with Gasteiger partial charge in [0.1, 0.15) is 5.82 Å². The van der Waals surface area contributed by atoms with Crippen molar-refractivity contribution in [3.63, 3.8) is 0 Å². The number of halogens is 1. The van der Waals surface area contributed by atoms with E-state index < -0.39 is 8.80 Å². The fourth-order valence-electron chi connectivity index (χ4n) is 2.70. The van der Waals surface area contributed by atoms with Crippen molar-refractivity contribution in [3.8, 4) is 0 Å². The van der Waals surface area contributed by atoms with Gasteiger partial charge in [0.25, 0.3) is 0 Å². The molecule has 0 saturated carbocycles. The molecule has 1 rings (SSSR count). The number of benzene rings is 1. The van der Waals surface area contributed by atoms with Crippen molar-refractivity contribution in [2.24, 2.45) is 0 Å². The van der Waals surface area contributed by atoms with Crippen molar-refractivity contribution >= 4 is 8.80 Å². The number of rotatable bonds is 11. The Balaban J connectivity index is 2.65. The van der Waals surface area contributed by atoms with E-state index in [0.717, 1.165) is 30.9 Å². The van der Waals surface area contributed by atoms with Crippen LogP contribution in [0, 0.1) is 5.82 Å². The molecule has 1 aromatic rings. The largest absolute Gasteiger partial charge is 0.501 e. The average molecular weight is 357 g/mol. The minimum Gasteiger partial charge on any atom is -0.371 e. The smallest absolute Gasteiger partial charge is 0.371 e. The van der Waals surface area contributed by atoms with Crippen LogP contribution in [-0.2, 0) is 19.7 Å². The van der Waals surface area contributed by atoms with Gasteiger partial charge in [-0.25, -0.2) is 4.39 Å². The molecule has 0 radical (unpaired) electrons. The normalized spacial score (nSPS) is 12.6. The topological polar surface area (TPSA) is 27.7 Å². The van der Waals surface area contributed by atoms with Gasteiger partial charge < -0.3 is 13.3 Å². The van der Waals surface area contributed by atoms with E-state index in [1.54, 1.807) is 12.1 Å². The molecule has 0 bridgehead atoms. The van der Waals surface area contributed by atoms with E-state index in [1.165, 1.54) is 6.07 Å². The van der Waals surface area contributed by atoms with Gasteiger partial charge in [-0.3, -0.25) is 0 Å². The lowest BCUT2D eigenvalue weighted by Gasteiger charge is -2.34. The molecule has 0 aliphatic rings. The van der Waals surface area contributed by atoms with Crippen LogP contribution in [0.5, 0.6) is 0 Å². The summed E-state index contributed by atoms with van der Waals surface area (Å²) in [5, 5.41) is 0. The monoisotopic (exact) mass is 356 g/mol. The Morgan fingerprint density at radius 1 is 0.875 bits per heavy atom. The second-order valence-corrected chi connectivity index (χ2v) is 9.59. The van der Waals surface area contributed by atoms with Crippen LogP contribution in [-0.4, -0.2) is 27.1 Å². The van der Waals surface area contributed by atoms with E-state index in [0.29, 0.717) is 0 Å². The molecule has 0 amide bonds. The minimum atomic E-state index is -2.71. The molecule has 0 fully saturated rings. The highest BCUT2D eigenvalue weighted by Crippen LogP contribution is 2.25. The van der Waals surface area contributed by atoms with E-state index >= 15 is 0 Å². The van der Waals surface area contributed by atoms with E-state index in [4.69, 9.17) is 13.3 Å². The molecule has 0 aromatic heterocycles. The van der Waals surface area contributed by atoms with Gasteiger partial charge in [-0.15, -0.1) is 0 Å². The van der Waals surface area contributed by atoms with E-state index in [-0.39, 0.29) is 24.1 Å². The molecule has 5 heteroatoms. The van der Waals surface area contributed by atoms with Crippen LogP contribution in [0.3, 0.4) is 0 Å². The molecular weight excluding hydrogens is 323 g/mol. The van der Waals surface area contributed by atoms with Gasteiger partial charge in [0.05, 0.1) is 0 Å². The number of hydrogen-bond donors (Lipinski definition) is 0. The molecule has 0 aliphatic heterocycles. The highest BCUT2D eigenvalue weighted by molar-refractivity contribution is 6.60. The zero-order chi connectivity index (χ0) is 18.2. The Labute approximate surface area is 147 Å². The van der Waals surface area contributed by atoms with Gasteiger partial charge in [-0.05, 0) is 78.5 Å². The Bertz CT molecular complexity index is 451. The van der Waals surface area contributed by atoms with Crippen LogP contribution in [0.2, 0.25) is 6.04 Å². The highest BCUT2D eigenvalue weighted by Gasteiger charge is 2.43. The van der Waals surface area contributed by atoms with Crippen LogP contribution < -0.4 is 0 Å². The lowest BCUT2D eigenvalue weighted by Crippen LogP contribution is -2.50. The van der Waals surface area contributed by atoms with Crippen molar-refractivity contribution in [1.29, 1.82) is 0 Å². The third-order valence-electron chi connectivity index (χ3n) is 3.33. The van der Waals surface area contributed by atoms with Crippen molar-refractivity contribution in [2.45, 2.75) is 85.2 Å². The molecule has 0 aliphatic carbocycles. The molecule has 0 spiro atoms. The maximum Gasteiger partial charge on any atom is 0.501 e. The molecule has 0 atom stereocenters. The summed E-state index contributed by atoms with van der Waals surface area (Å²) in [6.45, 7) is 12.1. The van der Waals surface area contributed by atoms with E-state index in [1.807, 2.05) is 47.6 Å². The quantitative estimate of drug-likeness (QED) is 0.394. The summed E-state index contributed by atoms with van der Waals surface area (Å²) in [6, 6.07) is 7.59. The molecule has 0 unspecified atom stereocenters. The summed E-state index contributed by atoms with van der Waals surface area (Å²) in [5.74, 6) is -0.175. The maximum absolute atomic E-state index is 13.2. The molecule has 24 heavy (non-hydrogen) atoms. The van der Waals surface area contributed by atoms with Crippen LogP contribution in [0.25, 0.3) is 0 Å². The summed E-state index contributed by atoms with van der Waals surface area (Å²) >= 11 is 0. The van der Waals surface area contributed by atoms with E-state index in [9.17, 15) is 4.39 Å². The number of hydrogen-bond acceptors (Lipinski definition) is 3. The first-order valence-corrected chi connectivity index (χ1v) is 10.9. The molecule has 138 valence electrons. The predicted octanol–water partition coefficient (Wildman–Crippen LogP) is 5.36. The van der Waals surface area contributed by atoms with Crippen LogP contribution in [0.15, 0.2) is 24.3 Å². The second-order valence-electron chi connectivity index (χ2n) is 7.02. The van der Waals surface area contributed by atoms with Crippen LogP contribution in [0.4, 0.5) is 4.39 Å². The Morgan fingerprint density at radius 2 is 1.42 bits per heavy atom. The SMILES string of the molecule is CC(C)O[Si](CCCCc1cccc(F)c1)(OC(C)C)OC(C)C. The van der Waals surface area contributed by atoms with Crippen molar-refractivity contribution in [1.82, 2.24) is 0 Å². The molecule has 0 saturated heterocycles. The molecule has 0 N–H and O–H groups in total. The average Bonchev–Trinajstić information content (AvgIpc) is 2.41. The fraction of sp³-hybridized carbons (Fsp3) is 0.684. The molecule has 3 nitrogen and oxygen atoms in total. The summed E-state index contributed by atoms with van der Waals surface area (Å²) in [7, 11) is -2.71. The van der Waals surface area contributed by atoms with Gasteiger partial charge in [0, 0.05) is 24.4 Å². The van der Waals surface area contributed by atoms with Crippen molar-refractivity contribution in [3.05, 3.63) is 35.6 Å². The Hall–Kier alpha value is -0.753. The second kappa shape index (κ2) is 10.3. The van der Waals surface area contributed by atoms with Crippen LogP contribution >= 0.6 is 0 Å². The summed E-state index contributed by atoms with van der Waals surface area (Å²) in [5.41, 5.74) is 1.03. The lowest BCUT2D eigenvalue weighted by atomic mass is 10.1. The van der Waals surface area contributed by atoms with Gasteiger partial charge in [0.2, 0.25) is 0 Å².